The van der Waals surface area contributed by atoms with Crippen molar-refractivity contribution in [1.29, 1.82) is 0 Å². The number of esters is 1. The number of hydrogen-bond acceptors (Lipinski definition) is 10. The maximum Gasteiger partial charge on any atom is 0.306 e. The summed E-state index contributed by atoms with van der Waals surface area (Å²) in [4.78, 5) is 22.0. The Hall–Kier alpha value is -1.34. The van der Waals surface area contributed by atoms with Gasteiger partial charge in [-0.15, -0.1) is 0 Å². The molecule has 2 unspecified atom stereocenters. The molecule has 4 atom stereocenters. The van der Waals surface area contributed by atoms with Gasteiger partial charge in [-0.25, -0.2) is 0 Å². The number of carboxylic acid groups (broad SMARTS) is 1. The van der Waals surface area contributed by atoms with Gasteiger partial charge in [-0.3, -0.25) is 9.59 Å². The molecular weight excluding hydrogens is 368 g/mol. The van der Waals surface area contributed by atoms with Crippen LogP contribution >= 0.6 is 0 Å². The lowest BCUT2D eigenvalue weighted by molar-refractivity contribution is -0.236. The molecule has 0 aromatic heterocycles. The third-order valence-electron chi connectivity index (χ3n) is 3.35. The van der Waals surface area contributed by atoms with Crippen LogP contribution < -0.4 is 0 Å². The molecule has 0 bridgehead atoms. The summed E-state index contributed by atoms with van der Waals surface area (Å²) >= 11 is 0. The Balaban J connectivity index is 4.64. The van der Waals surface area contributed by atoms with Crippen LogP contribution in [-0.4, -0.2) is 97.3 Å². The van der Waals surface area contributed by atoms with E-state index in [9.17, 15) is 19.8 Å². The number of carbonyl (C=O) groups is 2. The quantitative estimate of drug-likeness (QED) is 0.173. The second kappa shape index (κ2) is 15.7. The zero-order valence-electron chi connectivity index (χ0n) is 15.6. The largest absolute Gasteiger partial charge is 0.481 e. The first-order valence-electron chi connectivity index (χ1n) is 8.55. The van der Waals surface area contributed by atoms with E-state index < -0.39 is 49.9 Å². The molecule has 0 aliphatic heterocycles. The number of carboxylic acids is 1. The highest BCUT2D eigenvalue weighted by Gasteiger charge is 2.22. The molecule has 0 aromatic rings. The van der Waals surface area contributed by atoms with Gasteiger partial charge >= 0.3 is 11.9 Å². The van der Waals surface area contributed by atoms with E-state index in [1.807, 2.05) is 0 Å². The lowest BCUT2D eigenvalue weighted by Crippen LogP contribution is -2.37. The number of rotatable bonds is 17. The summed E-state index contributed by atoms with van der Waals surface area (Å²) < 4.78 is 26.0. The zero-order chi connectivity index (χ0) is 20.7. The molecule has 0 amide bonds. The fourth-order valence-corrected chi connectivity index (χ4v) is 1.79. The number of hydrogen-bond donors (Lipinski definition) is 4. The van der Waals surface area contributed by atoms with Crippen LogP contribution in [0.25, 0.3) is 0 Å². The van der Waals surface area contributed by atoms with E-state index in [1.54, 1.807) is 6.92 Å². The molecule has 0 spiro atoms. The Morgan fingerprint density at radius 2 is 1.52 bits per heavy atom. The van der Waals surface area contributed by atoms with Crippen LogP contribution in [0.2, 0.25) is 0 Å². The topological polar surface area (TPSA) is 161 Å². The van der Waals surface area contributed by atoms with E-state index in [0.717, 1.165) is 0 Å². The van der Waals surface area contributed by atoms with E-state index in [-0.39, 0.29) is 32.7 Å². The highest BCUT2D eigenvalue weighted by molar-refractivity contribution is 5.76. The van der Waals surface area contributed by atoms with Gasteiger partial charge in [-0.2, -0.15) is 0 Å². The normalized spacial score (nSPS) is 15.7. The minimum Gasteiger partial charge on any atom is -0.481 e. The van der Waals surface area contributed by atoms with Crippen LogP contribution in [0.3, 0.4) is 0 Å². The van der Waals surface area contributed by atoms with Crippen molar-refractivity contribution < 1.29 is 53.7 Å². The van der Waals surface area contributed by atoms with Crippen LogP contribution in [0.1, 0.15) is 26.2 Å². The van der Waals surface area contributed by atoms with Crippen molar-refractivity contribution in [3.05, 3.63) is 0 Å². The van der Waals surface area contributed by atoms with E-state index in [0.29, 0.717) is 6.42 Å². The third-order valence-corrected chi connectivity index (χ3v) is 3.35. The second-order valence-electron chi connectivity index (χ2n) is 5.48. The van der Waals surface area contributed by atoms with Crippen LogP contribution in [-0.2, 0) is 33.3 Å². The van der Waals surface area contributed by atoms with Gasteiger partial charge in [0.05, 0.1) is 45.4 Å². The van der Waals surface area contributed by atoms with E-state index >= 15 is 0 Å². The van der Waals surface area contributed by atoms with Crippen molar-refractivity contribution in [3.8, 4) is 0 Å². The molecular formula is C16H30O11. The van der Waals surface area contributed by atoms with Crippen LogP contribution in [0.5, 0.6) is 0 Å². The van der Waals surface area contributed by atoms with Crippen molar-refractivity contribution in [2.45, 2.75) is 51.0 Å². The fraction of sp³-hybridized carbons (Fsp3) is 0.875. The first-order valence-corrected chi connectivity index (χ1v) is 8.55. The van der Waals surface area contributed by atoms with Crippen molar-refractivity contribution in [2.75, 3.05) is 40.1 Å². The molecule has 0 aliphatic carbocycles. The first-order chi connectivity index (χ1) is 12.9. The van der Waals surface area contributed by atoms with Gasteiger partial charge in [0.2, 0.25) is 0 Å². The SMILES string of the molecule is CCC(CO)O[C@@H](COC(=O)CCC(=O)O)OCC(CO)O[C@@H](CO)OC. The predicted octanol–water partition coefficient (Wildman–Crippen LogP) is -1.13. The van der Waals surface area contributed by atoms with E-state index in [2.05, 4.69) is 0 Å². The molecule has 11 nitrogen and oxygen atoms in total. The third kappa shape index (κ3) is 12.6. The molecule has 27 heavy (non-hydrogen) atoms. The minimum atomic E-state index is -1.12. The van der Waals surface area contributed by atoms with Crippen molar-refractivity contribution in [3.63, 3.8) is 0 Å². The molecule has 0 saturated heterocycles. The number of aliphatic hydroxyl groups excluding tert-OH is 3. The summed E-state index contributed by atoms with van der Waals surface area (Å²) in [5, 5.41) is 36.2. The minimum absolute atomic E-state index is 0.171. The standard InChI is InChI=1S/C16H30O11/c1-3-11(6-17)26-16(10-24-14(22)5-4-13(20)21)25-9-12(7-18)27-15(8-19)23-2/h11-12,15-19H,3-10H2,1-2H3,(H,20,21)/t11?,12?,15-,16-/m0/s1. The van der Waals surface area contributed by atoms with Crippen LogP contribution in [0.15, 0.2) is 0 Å². The monoisotopic (exact) mass is 398 g/mol. The highest BCUT2D eigenvalue weighted by Crippen LogP contribution is 2.09. The molecule has 0 fully saturated rings. The van der Waals surface area contributed by atoms with Crippen LogP contribution in [0.4, 0.5) is 0 Å². The number of aliphatic carboxylic acids is 1. The van der Waals surface area contributed by atoms with E-state index in [1.165, 1.54) is 7.11 Å². The average Bonchev–Trinajstić information content (AvgIpc) is 2.67. The van der Waals surface area contributed by atoms with Gasteiger partial charge in [0.1, 0.15) is 12.7 Å². The Kier molecular flexibility index (Phi) is 14.9. The number of ether oxygens (including phenoxy) is 5. The molecule has 0 saturated carbocycles. The van der Waals surface area contributed by atoms with Gasteiger partial charge in [0.25, 0.3) is 0 Å². The zero-order valence-corrected chi connectivity index (χ0v) is 15.6. The summed E-state index contributed by atoms with van der Waals surface area (Å²) in [5.41, 5.74) is 0. The van der Waals surface area contributed by atoms with E-state index in [4.69, 9.17) is 33.9 Å². The number of aliphatic hydroxyl groups is 3. The number of methoxy groups -OCH3 is 1. The average molecular weight is 398 g/mol. The maximum absolute atomic E-state index is 11.5. The van der Waals surface area contributed by atoms with Gasteiger partial charge in [-0.1, -0.05) is 6.92 Å². The molecule has 160 valence electrons. The lowest BCUT2D eigenvalue weighted by Gasteiger charge is -2.26. The summed E-state index contributed by atoms with van der Waals surface area (Å²) in [6.07, 6.45) is -3.61. The van der Waals surface area contributed by atoms with Crippen molar-refractivity contribution in [1.82, 2.24) is 0 Å². The van der Waals surface area contributed by atoms with Gasteiger partial charge in [0.15, 0.2) is 12.6 Å². The fourth-order valence-electron chi connectivity index (χ4n) is 1.79. The summed E-state index contributed by atoms with van der Waals surface area (Å²) in [6.45, 7) is 0.148. The highest BCUT2D eigenvalue weighted by atomic mass is 16.7. The van der Waals surface area contributed by atoms with Crippen molar-refractivity contribution in [2.24, 2.45) is 0 Å². The Morgan fingerprint density at radius 1 is 0.889 bits per heavy atom. The van der Waals surface area contributed by atoms with Gasteiger partial charge < -0.3 is 44.1 Å². The molecule has 0 aliphatic rings. The lowest BCUT2D eigenvalue weighted by atomic mass is 10.3. The maximum atomic E-state index is 11.5. The molecule has 4 N–H and O–H groups in total. The molecule has 0 heterocycles. The van der Waals surface area contributed by atoms with Crippen molar-refractivity contribution >= 4 is 11.9 Å². The Morgan fingerprint density at radius 3 is 2.00 bits per heavy atom. The summed E-state index contributed by atoms with van der Waals surface area (Å²) in [6, 6.07) is 0. The van der Waals surface area contributed by atoms with Gasteiger partial charge in [0, 0.05) is 7.11 Å². The predicted molar refractivity (Wildman–Crippen MR) is 89.7 cm³/mol. The van der Waals surface area contributed by atoms with Crippen LogP contribution in [0, 0.1) is 0 Å². The second-order valence-corrected chi connectivity index (χ2v) is 5.48. The Bertz CT molecular complexity index is 396. The van der Waals surface area contributed by atoms with Gasteiger partial charge in [-0.05, 0) is 6.42 Å². The number of carbonyl (C=O) groups excluding carboxylic acids is 1. The summed E-state index contributed by atoms with van der Waals surface area (Å²) in [5.74, 6) is -1.86. The first kappa shape index (κ1) is 25.7. The molecule has 0 rings (SSSR count). The smallest absolute Gasteiger partial charge is 0.306 e. The molecule has 0 aromatic carbocycles. The molecule has 11 heteroatoms. The summed E-state index contributed by atoms with van der Waals surface area (Å²) in [7, 11) is 1.33. The molecule has 0 radical (unpaired) electrons. The Labute approximate surface area is 157 Å².